The Kier molecular flexibility index (Phi) is 4.70. The number of hydrogen-bond acceptors (Lipinski definition) is 6. The summed E-state index contributed by atoms with van der Waals surface area (Å²) in [5.41, 5.74) is 10.0. The van der Waals surface area contributed by atoms with Crippen molar-refractivity contribution in [3.05, 3.63) is 41.3 Å². The minimum Gasteiger partial charge on any atom is -0.381 e. The van der Waals surface area contributed by atoms with Crippen LogP contribution < -0.4 is 10.6 Å². The highest BCUT2D eigenvalue weighted by molar-refractivity contribution is 9.10. The second-order valence-corrected chi connectivity index (χ2v) is 8.34. The number of nitrogens with zero attached hydrogens (tertiary/aromatic N) is 5. The lowest BCUT2D eigenvalue weighted by atomic mass is 10.1. The lowest BCUT2D eigenvalue weighted by Crippen LogP contribution is -2.50. The summed E-state index contributed by atoms with van der Waals surface area (Å²) < 4.78 is 7.96. The van der Waals surface area contributed by atoms with Crippen LogP contribution in [0, 0.1) is 5.92 Å². The SMILES string of the molecule is Nc1nc(Br)cn2c(-c3ccc(N4CCN(CC5COC5)CC4)cc3)cnc12. The molecule has 2 fully saturated rings. The van der Waals surface area contributed by atoms with Crippen molar-refractivity contribution in [2.24, 2.45) is 5.92 Å². The summed E-state index contributed by atoms with van der Waals surface area (Å²) in [6.45, 7) is 7.41. The van der Waals surface area contributed by atoms with E-state index in [9.17, 15) is 0 Å². The van der Waals surface area contributed by atoms with Gasteiger partial charge in [-0.15, -0.1) is 0 Å². The monoisotopic (exact) mass is 442 g/mol. The molecule has 2 aromatic heterocycles. The fourth-order valence-electron chi connectivity index (χ4n) is 3.98. The van der Waals surface area contributed by atoms with E-state index in [0.29, 0.717) is 16.1 Å². The average molecular weight is 443 g/mol. The number of imidazole rings is 1. The molecule has 0 radical (unpaired) electrons. The maximum atomic E-state index is 5.98. The van der Waals surface area contributed by atoms with E-state index in [1.165, 1.54) is 12.2 Å². The van der Waals surface area contributed by atoms with Crippen molar-refractivity contribution >= 4 is 33.1 Å². The number of rotatable bonds is 4. The van der Waals surface area contributed by atoms with Gasteiger partial charge in [-0.25, -0.2) is 9.97 Å². The Morgan fingerprint density at radius 2 is 1.86 bits per heavy atom. The molecule has 4 heterocycles. The van der Waals surface area contributed by atoms with Crippen LogP contribution >= 0.6 is 15.9 Å². The molecule has 2 saturated heterocycles. The van der Waals surface area contributed by atoms with Gasteiger partial charge in [0.05, 0.1) is 25.1 Å². The Morgan fingerprint density at radius 3 is 2.54 bits per heavy atom. The third-order valence-electron chi connectivity index (χ3n) is 5.61. The molecule has 0 unspecified atom stereocenters. The molecule has 0 atom stereocenters. The molecule has 8 heteroatoms. The molecule has 0 aliphatic carbocycles. The van der Waals surface area contributed by atoms with Crippen molar-refractivity contribution in [3.8, 4) is 11.3 Å². The predicted molar refractivity (Wildman–Crippen MR) is 113 cm³/mol. The number of nitrogens with two attached hydrogens (primary N) is 1. The van der Waals surface area contributed by atoms with Gasteiger partial charge in [-0.05, 0) is 28.1 Å². The molecule has 7 nitrogen and oxygen atoms in total. The van der Waals surface area contributed by atoms with E-state index in [-0.39, 0.29) is 0 Å². The van der Waals surface area contributed by atoms with Crippen molar-refractivity contribution in [2.45, 2.75) is 0 Å². The van der Waals surface area contributed by atoms with Crippen LogP contribution in [-0.2, 0) is 4.74 Å². The molecule has 1 aromatic carbocycles. The minimum absolute atomic E-state index is 0.420. The van der Waals surface area contributed by atoms with Gasteiger partial charge in [-0.3, -0.25) is 9.30 Å². The second kappa shape index (κ2) is 7.35. The highest BCUT2D eigenvalue weighted by Gasteiger charge is 2.24. The molecule has 0 saturated carbocycles. The number of piperazine rings is 1. The minimum atomic E-state index is 0.420. The Hall–Kier alpha value is -2.16. The zero-order valence-electron chi connectivity index (χ0n) is 15.6. The van der Waals surface area contributed by atoms with Crippen LogP contribution in [0.15, 0.2) is 41.3 Å². The number of halogens is 1. The van der Waals surface area contributed by atoms with Gasteiger partial charge in [0, 0.05) is 56.1 Å². The van der Waals surface area contributed by atoms with Crippen molar-refractivity contribution < 1.29 is 4.74 Å². The summed E-state index contributed by atoms with van der Waals surface area (Å²) in [7, 11) is 0. The van der Waals surface area contributed by atoms with Crippen molar-refractivity contribution in [3.63, 3.8) is 0 Å². The Labute approximate surface area is 172 Å². The summed E-state index contributed by atoms with van der Waals surface area (Å²) in [6.07, 6.45) is 3.74. The maximum absolute atomic E-state index is 5.98. The van der Waals surface area contributed by atoms with Crippen LogP contribution in [0.4, 0.5) is 11.5 Å². The van der Waals surface area contributed by atoms with Crippen molar-refractivity contribution in [1.82, 2.24) is 19.3 Å². The zero-order chi connectivity index (χ0) is 19.1. The molecule has 0 spiro atoms. The number of aromatic nitrogens is 3. The normalized spacial score (nSPS) is 18.5. The number of anilines is 2. The first kappa shape index (κ1) is 17.9. The highest BCUT2D eigenvalue weighted by Crippen LogP contribution is 2.27. The lowest BCUT2D eigenvalue weighted by molar-refractivity contribution is -0.0468. The van der Waals surface area contributed by atoms with E-state index in [0.717, 1.165) is 56.6 Å². The maximum Gasteiger partial charge on any atom is 0.180 e. The van der Waals surface area contributed by atoms with E-state index in [1.54, 1.807) is 0 Å². The van der Waals surface area contributed by atoms with Gasteiger partial charge in [0.2, 0.25) is 0 Å². The molecule has 5 rings (SSSR count). The van der Waals surface area contributed by atoms with Crippen LogP contribution in [0.3, 0.4) is 0 Å². The predicted octanol–water partition coefficient (Wildman–Crippen LogP) is 2.51. The van der Waals surface area contributed by atoms with Crippen molar-refractivity contribution in [2.75, 3.05) is 56.6 Å². The van der Waals surface area contributed by atoms with Gasteiger partial charge >= 0.3 is 0 Å². The third kappa shape index (κ3) is 3.36. The number of nitrogen functional groups attached to an aromatic ring is 1. The van der Waals surface area contributed by atoms with E-state index < -0.39 is 0 Å². The molecule has 2 N–H and O–H groups in total. The quantitative estimate of drug-likeness (QED) is 0.668. The summed E-state index contributed by atoms with van der Waals surface area (Å²) >= 11 is 3.41. The number of fused-ring (bicyclic) bond motifs is 1. The van der Waals surface area contributed by atoms with Crippen LogP contribution in [0.2, 0.25) is 0 Å². The van der Waals surface area contributed by atoms with E-state index in [1.807, 2.05) is 16.8 Å². The van der Waals surface area contributed by atoms with Gasteiger partial charge in [0.1, 0.15) is 4.60 Å². The Bertz CT molecular complexity index is 976. The fraction of sp³-hybridized carbons (Fsp3) is 0.400. The molecule has 2 aliphatic rings. The van der Waals surface area contributed by atoms with Gasteiger partial charge < -0.3 is 15.4 Å². The summed E-state index contributed by atoms with van der Waals surface area (Å²) in [5.74, 6) is 1.16. The summed E-state index contributed by atoms with van der Waals surface area (Å²) in [5, 5.41) is 0. The topological polar surface area (TPSA) is 71.9 Å². The average Bonchev–Trinajstić information content (AvgIpc) is 3.09. The third-order valence-corrected chi connectivity index (χ3v) is 5.99. The molecular weight excluding hydrogens is 420 g/mol. The number of benzene rings is 1. The smallest absolute Gasteiger partial charge is 0.180 e. The standard InChI is InChI=1S/C20H23BrN6O/c21-18-11-27-17(9-23-20(27)19(22)24-18)15-1-3-16(4-2-15)26-7-5-25(6-8-26)10-14-12-28-13-14/h1-4,9,11,14H,5-8,10,12-13H2,(H2,22,24). The van der Waals surface area contributed by atoms with Gasteiger partial charge in [-0.1, -0.05) is 12.1 Å². The molecule has 3 aromatic rings. The number of ether oxygens (including phenoxy) is 1. The van der Waals surface area contributed by atoms with Crippen LogP contribution in [0.1, 0.15) is 0 Å². The van der Waals surface area contributed by atoms with E-state index in [2.05, 4.69) is 60.0 Å². The first-order chi connectivity index (χ1) is 13.7. The van der Waals surface area contributed by atoms with E-state index >= 15 is 0 Å². The highest BCUT2D eigenvalue weighted by atomic mass is 79.9. The van der Waals surface area contributed by atoms with Gasteiger partial charge in [0.25, 0.3) is 0 Å². The summed E-state index contributed by atoms with van der Waals surface area (Å²) in [4.78, 5) is 13.7. The molecular formula is C20H23BrN6O. The largest absolute Gasteiger partial charge is 0.381 e. The Balaban J connectivity index is 1.30. The van der Waals surface area contributed by atoms with Gasteiger partial charge in [0.15, 0.2) is 11.5 Å². The lowest BCUT2D eigenvalue weighted by Gasteiger charge is -2.39. The molecule has 0 bridgehead atoms. The second-order valence-electron chi connectivity index (χ2n) is 7.52. The summed E-state index contributed by atoms with van der Waals surface area (Å²) in [6, 6.07) is 8.70. The molecule has 146 valence electrons. The van der Waals surface area contributed by atoms with Gasteiger partial charge in [-0.2, -0.15) is 0 Å². The molecule has 0 amide bonds. The Morgan fingerprint density at radius 1 is 1.11 bits per heavy atom. The molecule has 28 heavy (non-hydrogen) atoms. The van der Waals surface area contributed by atoms with Crippen LogP contribution in [0.5, 0.6) is 0 Å². The van der Waals surface area contributed by atoms with Crippen LogP contribution in [-0.4, -0.2) is 65.2 Å². The number of hydrogen-bond donors (Lipinski definition) is 1. The van der Waals surface area contributed by atoms with E-state index in [4.69, 9.17) is 10.5 Å². The zero-order valence-corrected chi connectivity index (χ0v) is 17.2. The first-order valence-corrected chi connectivity index (χ1v) is 10.4. The van der Waals surface area contributed by atoms with Crippen molar-refractivity contribution in [1.29, 1.82) is 0 Å². The fourth-order valence-corrected chi connectivity index (χ4v) is 4.38. The first-order valence-electron chi connectivity index (χ1n) is 9.62. The van der Waals surface area contributed by atoms with Crippen LogP contribution in [0.25, 0.3) is 16.9 Å². The molecule has 2 aliphatic heterocycles.